The minimum Gasteiger partial charge on any atom is -0.349 e. The zero-order valence-electron chi connectivity index (χ0n) is 12.0. The number of H-pyrrole nitrogens is 1. The molecule has 0 fully saturated rings. The summed E-state index contributed by atoms with van der Waals surface area (Å²) in [5.74, 6) is 0. The second-order valence-corrected chi connectivity index (χ2v) is 6.19. The highest BCUT2D eigenvalue weighted by atomic mass is 32.2. The first-order valence-corrected chi connectivity index (χ1v) is 8.03. The van der Waals surface area contributed by atoms with Gasteiger partial charge in [0.25, 0.3) is 0 Å². The molecule has 108 valence electrons. The fourth-order valence-electron chi connectivity index (χ4n) is 2.30. The van der Waals surface area contributed by atoms with Crippen molar-refractivity contribution in [1.29, 1.82) is 0 Å². The van der Waals surface area contributed by atoms with Crippen molar-refractivity contribution >= 4 is 22.7 Å². The molecule has 0 aliphatic rings. The van der Waals surface area contributed by atoms with Gasteiger partial charge < -0.3 is 10.7 Å². The molecule has 3 aromatic rings. The molecule has 0 saturated heterocycles. The van der Waals surface area contributed by atoms with E-state index in [2.05, 4.69) is 47.2 Å². The molecular weight excluding hydrogens is 278 g/mol. The van der Waals surface area contributed by atoms with Gasteiger partial charge >= 0.3 is 0 Å². The molecule has 3 N–H and O–H groups in total. The molecule has 0 bridgehead atoms. The maximum Gasteiger partial charge on any atom is 0.105 e. The third-order valence-corrected chi connectivity index (χ3v) is 4.57. The second kappa shape index (κ2) is 6.33. The van der Waals surface area contributed by atoms with E-state index in [0.717, 1.165) is 28.4 Å². The highest BCUT2D eigenvalue weighted by molar-refractivity contribution is 7.99. The molecule has 0 radical (unpaired) electrons. The number of nitrogens with one attached hydrogen (secondary N) is 1. The van der Waals surface area contributed by atoms with Gasteiger partial charge in [-0.05, 0) is 36.6 Å². The first-order valence-electron chi connectivity index (χ1n) is 7.21. The Hall–Kier alpha value is -1.78. The first kappa shape index (κ1) is 14.2. The third-order valence-electron chi connectivity index (χ3n) is 3.57. The molecule has 3 nitrogen and oxygen atoms in total. The van der Waals surface area contributed by atoms with Crippen molar-refractivity contribution < 1.29 is 0 Å². The van der Waals surface area contributed by atoms with Crippen molar-refractivity contribution in [2.45, 2.75) is 35.9 Å². The summed E-state index contributed by atoms with van der Waals surface area (Å²) in [6.45, 7) is 2.12. The Morgan fingerprint density at radius 2 is 2.10 bits per heavy atom. The van der Waals surface area contributed by atoms with E-state index in [1.54, 1.807) is 11.8 Å². The Morgan fingerprint density at radius 3 is 2.90 bits per heavy atom. The number of hydrogen-bond acceptors (Lipinski definition) is 3. The Bertz CT molecular complexity index is 702. The Kier molecular flexibility index (Phi) is 4.27. The largest absolute Gasteiger partial charge is 0.349 e. The van der Waals surface area contributed by atoms with Crippen LogP contribution >= 0.6 is 11.8 Å². The lowest BCUT2D eigenvalue weighted by Gasteiger charge is -2.11. The smallest absolute Gasteiger partial charge is 0.105 e. The van der Waals surface area contributed by atoms with E-state index >= 15 is 0 Å². The quantitative estimate of drug-likeness (QED) is 0.748. The maximum absolute atomic E-state index is 6.08. The van der Waals surface area contributed by atoms with E-state index in [1.807, 2.05) is 18.3 Å². The van der Waals surface area contributed by atoms with E-state index in [0.29, 0.717) is 0 Å². The standard InChI is InChI=1S/C17H19N3S/c1-2-14(18)10-13-7-5-9-19-17(13)21-16-11-12-6-3-4-8-15(12)20-16/h3-9,11,14,20H,2,10,18H2,1H3. The van der Waals surface area contributed by atoms with Crippen LogP contribution in [0.15, 0.2) is 58.7 Å². The van der Waals surface area contributed by atoms with Crippen molar-refractivity contribution in [3.63, 3.8) is 0 Å². The van der Waals surface area contributed by atoms with Crippen molar-refractivity contribution in [3.8, 4) is 0 Å². The molecular formula is C17H19N3S. The summed E-state index contributed by atoms with van der Waals surface area (Å²) >= 11 is 1.67. The van der Waals surface area contributed by atoms with Crippen LogP contribution < -0.4 is 5.73 Å². The van der Waals surface area contributed by atoms with E-state index in [9.17, 15) is 0 Å². The summed E-state index contributed by atoms with van der Waals surface area (Å²) < 4.78 is 0. The minimum atomic E-state index is 0.191. The van der Waals surface area contributed by atoms with Gasteiger partial charge in [0.2, 0.25) is 0 Å². The summed E-state index contributed by atoms with van der Waals surface area (Å²) in [5.41, 5.74) is 8.46. The molecule has 0 spiro atoms. The van der Waals surface area contributed by atoms with Gasteiger partial charge in [-0.15, -0.1) is 0 Å². The average molecular weight is 297 g/mol. The van der Waals surface area contributed by atoms with Crippen molar-refractivity contribution in [3.05, 3.63) is 54.2 Å². The molecule has 2 heterocycles. The number of benzene rings is 1. The number of aromatic amines is 1. The first-order chi connectivity index (χ1) is 10.3. The fourth-order valence-corrected chi connectivity index (χ4v) is 3.26. The van der Waals surface area contributed by atoms with Crippen LogP contribution in [-0.4, -0.2) is 16.0 Å². The number of nitrogens with zero attached hydrogens (tertiary/aromatic N) is 1. The van der Waals surface area contributed by atoms with Crippen LogP contribution in [0.2, 0.25) is 0 Å². The number of rotatable bonds is 5. The summed E-state index contributed by atoms with van der Waals surface area (Å²) in [7, 11) is 0. The van der Waals surface area contributed by atoms with Crippen LogP contribution in [0, 0.1) is 0 Å². The Morgan fingerprint density at radius 1 is 1.24 bits per heavy atom. The number of aromatic nitrogens is 2. The molecule has 21 heavy (non-hydrogen) atoms. The van der Waals surface area contributed by atoms with Crippen molar-refractivity contribution in [1.82, 2.24) is 9.97 Å². The molecule has 0 aliphatic heterocycles. The van der Waals surface area contributed by atoms with Crippen LogP contribution in [0.3, 0.4) is 0 Å². The van der Waals surface area contributed by atoms with Gasteiger partial charge in [-0.25, -0.2) is 4.98 Å². The monoisotopic (exact) mass is 297 g/mol. The maximum atomic E-state index is 6.08. The van der Waals surface area contributed by atoms with Crippen LogP contribution in [0.25, 0.3) is 10.9 Å². The van der Waals surface area contributed by atoms with E-state index < -0.39 is 0 Å². The van der Waals surface area contributed by atoms with Crippen LogP contribution in [0.4, 0.5) is 0 Å². The molecule has 1 unspecified atom stereocenters. The van der Waals surface area contributed by atoms with Crippen LogP contribution in [0.1, 0.15) is 18.9 Å². The van der Waals surface area contributed by atoms with E-state index in [4.69, 9.17) is 5.73 Å². The van der Waals surface area contributed by atoms with Gasteiger partial charge in [-0.1, -0.05) is 43.0 Å². The fraction of sp³-hybridized carbons (Fsp3) is 0.235. The molecule has 2 aromatic heterocycles. The number of para-hydroxylation sites is 1. The number of fused-ring (bicyclic) bond motifs is 1. The molecule has 1 aromatic carbocycles. The molecule has 0 amide bonds. The van der Waals surface area contributed by atoms with Crippen LogP contribution in [-0.2, 0) is 6.42 Å². The van der Waals surface area contributed by atoms with Gasteiger partial charge in [-0.2, -0.15) is 0 Å². The summed E-state index contributed by atoms with van der Waals surface area (Å²) in [4.78, 5) is 7.95. The minimum absolute atomic E-state index is 0.191. The lowest BCUT2D eigenvalue weighted by atomic mass is 10.1. The van der Waals surface area contributed by atoms with Crippen molar-refractivity contribution in [2.24, 2.45) is 5.73 Å². The molecule has 0 saturated carbocycles. The second-order valence-electron chi connectivity index (χ2n) is 5.16. The normalized spacial score (nSPS) is 12.7. The predicted octanol–water partition coefficient (Wildman–Crippen LogP) is 3.99. The van der Waals surface area contributed by atoms with Gasteiger partial charge in [0.15, 0.2) is 0 Å². The predicted molar refractivity (Wildman–Crippen MR) is 88.6 cm³/mol. The Balaban J connectivity index is 1.87. The highest BCUT2D eigenvalue weighted by Crippen LogP contribution is 2.31. The zero-order chi connectivity index (χ0) is 14.7. The lowest BCUT2D eigenvalue weighted by molar-refractivity contribution is 0.637. The van der Waals surface area contributed by atoms with Gasteiger partial charge in [-0.3, -0.25) is 0 Å². The van der Waals surface area contributed by atoms with Gasteiger partial charge in [0, 0.05) is 23.1 Å². The molecule has 0 aliphatic carbocycles. The average Bonchev–Trinajstić information content (AvgIpc) is 2.91. The number of pyridine rings is 1. The Labute approximate surface area is 129 Å². The molecule has 4 heteroatoms. The summed E-state index contributed by atoms with van der Waals surface area (Å²) in [5, 5.41) is 3.37. The van der Waals surface area contributed by atoms with E-state index in [-0.39, 0.29) is 6.04 Å². The van der Waals surface area contributed by atoms with Gasteiger partial charge in [0.1, 0.15) is 5.03 Å². The highest BCUT2D eigenvalue weighted by Gasteiger charge is 2.10. The number of hydrogen-bond donors (Lipinski definition) is 2. The number of nitrogens with two attached hydrogens (primary N) is 1. The van der Waals surface area contributed by atoms with Gasteiger partial charge in [0.05, 0.1) is 5.03 Å². The van der Waals surface area contributed by atoms with E-state index in [1.165, 1.54) is 10.9 Å². The topological polar surface area (TPSA) is 54.7 Å². The van der Waals surface area contributed by atoms with Crippen molar-refractivity contribution in [2.75, 3.05) is 0 Å². The third kappa shape index (κ3) is 3.28. The summed E-state index contributed by atoms with van der Waals surface area (Å²) in [6.07, 6.45) is 3.68. The summed E-state index contributed by atoms with van der Waals surface area (Å²) in [6, 6.07) is 14.7. The zero-order valence-corrected chi connectivity index (χ0v) is 12.9. The SMILES string of the molecule is CCC(N)Cc1cccnc1Sc1cc2ccccc2[nH]1. The molecule has 3 rings (SSSR count). The molecule has 1 atom stereocenters. The van der Waals surface area contributed by atoms with Crippen LogP contribution in [0.5, 0.6) is 0 Å². The lowest BCUT2D eigenvalue weighted by Crippen LogP contribution is -2.21.